The number of alkyl halides is 1. The van der Waals surface area contributed by atoms with Crippen molar-refractivity contribution in [1.82, 2.24) is 0 Å². The van der Waals surface area contributed by atoms with Gasteiger partial charge in [0.2, 0.25) is 0 Å². The van der Waals surface area contributed by atoms with Gasteiger partial charge in [-0.2, -0.15) is 0 Å². The van der Waals surface area contributed by atoms with Gasteiger partial charge in [0.1, 0.15) is 0 Å². The molecule has 0 aliphatic heterocycles. The predicted molar refractivity (Wildman–Crippen MR) is 36.1 cm³/mol. The van der Waals surface area contributed by atoms with E-state index in [1.165, 1.54) is 0 Å². The van der Waals surface area contributed by atoms with Gasteiger partial charge in [-0.25, -0.2) is 0 Å². The fourth-order valence-corrected chi connectivity index (χ4v) is 0.149. The molecule has 0 heterocycles. The summed E-state index contributed by atoms with van der Waals surface area (Å²) in [5.74, 6) is 0. The van der Waals surface area contributed by atoms with Crippen molar-refractivity contribution < 1.29 is 56.3 Å². The Bertz CT molecular complexity index is 114. The largest absolute Gasteiger partial charge is 1.00 e. The maximum Gasteiger partial charge on any atom is 1.00 e. The third-order valence-corrected chi connectivity index (χ3v) is 1.03. The first-order chi connectivity index (χ1) is 4.59. The summed E-state index contributed by atoms with van der Waals surface area (Å²) in [6.45, 7) is 1.67. The topological polar surface area (TPSA) is 95.6 Å². The molecule has 0 spiro atoms. The van der Waals surface area contributed by atoms with Crippen LogP contribution in [0.5, 0.6) is 0 Å². The van der Waals surface area contributed by atoms with Crippen LogP contribution in [0.3, 0.4) is 0 Å². The maximum atomic E-state index is 9.60. The van der Waals surface area contributed by atoms with Crippen LogP contribution in [0.15, 0.2) is 5.34 Å². The Morgan fingerprint density at radius 1 is 1.73 bits per heavy atom. The second-order valence-corrected chi connectivity index (χ2v) is 1.71. The fourth-order valence-electron chi connectivity index (χ4n) is 0.149. The van der Waals surface area contributed by atoms with E-state index < -0.39 is 10.4 Å². The fraction of sp³-hybridized carbons (Fsp3) is 1.00. The second kappa shape index (κ2) is 13.3. The SMILES string of the molecule is CCC(Cl)[N+](=O)[O-].O=N[O-].[K+]. The van der Waals surface area contributed by atoms with Crippen molar-refractivity contribution >= 4 is 11.6 Å². The van der Waals surface area contributed by atoms with Gasteiger partial charge in [0.25, 0.3) is 5.50 Å². The summed E-state index contributed by atoms with van der Waals surface area (Å²) in [4.78, 5) is 17.1. The molecule has 0 N–H and O–H groups in total. The molecule has 0 fully saturated rings. The van der Waals surface area contributed by atoms with Gasteiger partial charge in [-0.05, 0) is 11.6 Å². The first-order valence-corrected chi connectivity index (χ1v) is 2.76. The molecule has 0 aromatic rings. The van der Waals surface area contributed by atoms with E-state index in [-0.39, 0.29) is 51.4 Å². The molecule has 1 unspecified atom stereocenters. The van der Waals surface area contributed by atoms with Crippen molar-refractivity contribution in [2.45, 2.75) is 18.8 Å². The van der Waals surface area contributed by atoms with Crippen LogP contribution >= 0.6 is 11.6 Å². The quantitative estimate of drug-likeness (QED) is 0.138. The third kappa shape index (κ3) is 18.1. The van der Waals surface area contributed by atoms with Crippen LogP contribution in [0, 0.1) is 20.2 Å². The van der Waals surface area contributed by atoms with Gasteiger partial charge < -0.3 is 10.1 Å². The number of rotatable bonds is 2. The van der Waals surface area contributed by atoms with Gasteiger partial charge in [-0.3, -0.25) is 10.1 Å². The molecule has 0 aromatic heterocycles. The summed E-state index contributed by atoms with van der Waals surface area (Å²) in [6, 6.07) is 0. The average molecular weight is 209 g/mol. The minimum Gasteiger partial charge on any atom is -0.444 e. The van der Waals surface area contributed by atoms with E-state index in [9.17, 15) is 10.1 Å². The predicted octanol–water partition coefficient (Wildman–Crippen LogP) is -1.51. The molecule has 60 valence electrons. The molecule has 6 nitrogen and oxygen atoms in total. The van der Waals surface area contributed by atoms with Crippen LogP contribution < -0.4 is 51.4 Å². The summed E-state index contributed by atoms with van der Waals surface area (Å²) in [5, 5.41) is 18.6. The number of hydrogen-bond acceptors (Lipinski definition) is 5. The van der Waals surface area contributed by atoms with Gasteiger partial charge in [0.15, 0.2) is 0 Å². The first kappa shape index (κ1) is 17.7. The molecular formula is C3H6ClKN2O4. The zero-order valence-electron chi connectivity index (χ0n) is 6.19. The van der Waals surface area contributed by atoms with Crippen LogP contribution in [0.1, 0.15) is 13.3 Å². The molecule has 0 saturated heterocycles. The van der Waals surface area contributed by atoms with Crippen LogP contribution in [0.4, 0.5) is 0 Å². The average Bonchev–Trinajstić information content (AvgIpc) is 1.88. The van der Waals surface area contributed by atoms with Crippen molar-refractivity contribution in [1.29, 1.82) is 0 Å². The van der Waals surface area contributed by atoms with E-state index >= 15 is 0 Å². The molecule has 0 amide bonds. The van der Waals surface area contributed by atoms with Gasteiger partial charge >= 0.3 is 51.4 Å². The molecule has 1 atom stereocenters. The summed E-state index contributed by atoms with van der Waals surface area (Å²) in [5.41, 5.74) is -0.903. The van der Waals surface area contributed by atoms with Gasteiger partial charge in [-0.1, -0.05) is 6.92 Å². The first-order valence-electron chi connectivity index (χ1n) is 2.32. The van der Waals surface area contributed by atoms with E-state index in [0.717, 1.165) is 5.34 Å². The van der Waals surface area contributed by atoms with E-state index in [2.05, 4.69) is 0 Å². The van der Waals surface area contributed by atoms with Crippen molar-refractivity contribution in [2.24, 2.45) is 5.34 Å². The van der Waals surface area contributed by atoms with E-state index in [1.54, 1.807) is 6.92 Å². The number of halogens is 1. The molecule has 0 saturated carbocycles. The zero-order chi connectivity index (χ0) is 8.57. The van der Waals surface area contributed by atoms with Crippen LogP contribution in [-0.4, -0.2) is 10.4 Å². The standard InChI is InChI=1S/C3H6ClNO2.K.HNO2/c1-2-3(4)5(6)7;;2-1-3/h3H,2H2,1H3;;(H,2,3)/q;+1;/p-1. The Morgan fingerprint density at radius 3 is 2.00 bits per heavy atom. The van der Waals surface area contributed by atoms with Crippen LogP contribution in [0.2, 0.25) is 0 Å². The number of nitrogens with zero attached hydrogens (tertiary/aromatic N) is 2. The van der Waals surface area contributed by atoms with E-state index in [1.807, 2.05) is 0 Å². The van der Waals surface area contributed by atoms with Crippen molar-refractivity contribution in [3.63, 3.8) is 0 Å². The van der Waals surface area contributed by atoms with E-state index in [4.69, 9.17) is 21.7 Å². The maximum absolute atomic E-state index is 9.60. The van der Waals surface area contributed by atoms with Gasteiger partial charge in [0.05, 0.1) is 0 Å². The van der Waals surface area contributed by atoms with Crippen molar-refractivity contribution in [2.75, 3.05) is 0 Å². The second-order valence-electron chi connectivity index (χ2n) is 1.20. The van der Waals surface area contributed by atoms with Crippen molar-refractivity contribution in [3.05, 3.63) is 20.2 Å². The van der Waals surface area contributed by atoms with Crippen LogP contribution in [-0.2, 0) is 0 Å². The summed E-state index contributed by atoms with van der Waals surface area (Å²) in [6.07, 6.45) is 0.383. The minimum absolute atomic E-state index is 0. The Kier molecular flexibility index (Phi) is 21.5. The molecular weight excluding hydrogens is 203 g/mol. The minimum atomic E-state index is -0.903. The smallest absolute Gasteiger partial charge is 0.444 e. The van der Waals surface area contributed by atoms with E-state index in [0.29, 0.717) is 6.42 Å². The molecule has 0 aliphatic carbocycles. The third-order valence-electron chi connectivity index (χ3n) is 0.566. The Balaban J connectivity index is -0.000000140. The molecule has 11 heavy (non-hydrogen) atoms. The summed E-state index contributed by atoms with van der Waals surface area (Å²) < 4.78 is 0. The summed E-state index contributed by atoms with van der Waals surface area (Å²) >= 11 is 5.10. The molecule has 0 aromatic carbocycles. The molecule has 0 radical (unpaired) electrons. The Labute approximate surface area is 111 Å². The number of nitro groups is 1. The van der Waals surface area contributed by atoms with Gasteiger partial charge in [-0.15, -0.1) is 5.34 Å². The molecule has 8 heteroatoms. The van der Waals surface area contributed by atoms with Gasteiger partial charge in [0, 0.05) is 11.3 Å². The van der Waals surface area contributed by atoms with Crippen molar-refractivity contribution in [3.8, 4) is 0 Å². The van der Waals surface area contributed by atoms with Crippen LogP contribution in [0.25, 0.3) is 0 Å². The molecule has 0 aliphatic rings. The normalized spacial score (nSPS) is 9.64. The molecule has 0 bridgehead atoms. The summed E-state index contributed by atoms with van der Waals surface area (Å²) in [7, 11) is 0. The Hall–Kier alpha value is 0.726. The zero-order valence-corrected chi connectivity index (χ0v) is 10.1. The number of hydrogen-bond donors (Lipinski definition) is 0. The Morgan fingerprint density at radius 2 is 2.00 bits per heavy atom. The monoisotopic (exact) mass is 208 g/mol. The molecule has 0 rings (SSSR count).